The SMILES string of the molecule is NC(Cc1cnc[nH]1)C(=O)NC(Cc1cnc[nH]1)C(=O)NC(CS)C(=O)NC(Cc1ccccc1)C(=O)O. The number of imidazole rings is 2. The number of nitrogens with one attached hydrogen (secondary N) is 5. The summed E-state index contributed by atoms with van der Waals surface area (Å²) in [6, 6.07) is 4.38. The molecule has 0 aliphatic rings. The third kappa shape index (κ3) is 8.45. The Morgan fingerprint density at radius 2 is 1.37 bits per heavy atom. The van der Waals surface area contributed by atoms with E-state index in [0.717, 1.165) is 5.56 Å². The quantitative estimate of drug-likeness (QED) is 0.118. The molecule has 13 nitrogen and oxygen atoms in total. The third-order valence-electron chi connectivity index (χ3n) is 5.66. The second-order valence-corrected chi connectivity index (χ2v) is 8.93. The van der Waals surface area contributed by atoms with E-state index in [-0.39, 0.29) is 25.0 Å². The zero-order chi connectivity index (χ0) is 27.5. The molecule has 2 aromatic heterocycles. The number of aromatic amines is 2. The Labute approximate surface area is 223 Å². The fourth-order valence-electron chi connectivity index (χ4n) is 3.62. The van der Waals surface area contributed by atoms with Gasteiger partial charge in [-0.1, -0.05) is 30.3 Å². The van der Waals surface area contributed by atoms with E-state index in [1.54, 1.807) is 36.5 Å². The molecule has 0 fully saturated rings. The highest BCUT2D eigenvalue weighted by molar-refractivity contribution is 7.80. The maximum absolute atomic E-state index is 13.2. The van der Waals surface area contributed by atoms with E-state index in [9.17, 15) is 24.3 Å². The highest BCUT2D eigenvalue weighted by atomic mass is 32.1. The fraction of sp³-hybridized carbons (Fsp3) is 0.333. The van der Waals surface area contributed by atoms with E-state index in [0.29, 0.717) is 11.4 Å². The number of nitrogens with two attached hydrogens (primary N) is 1. The van der Waals surface area contributed by atoms with E-state index < -0.39 is 47.9 Å². The van der Waals surface area contributed by atoms with Crippen molar-refractivity contribution in [1.82, 2.24) is 35.9 Å². The number of carboxylic acid groups (broad SMARTS) is 1. The predicted molar refractivity (Wildman–Crippen MR) is 140 cm³/mol. The van der Waals surface area contributed by atoms with Gasteiger partial charge in [-0.2, -0.15) is 12.6 Å². The van der Waals surface area contributed by atoms with Crippen LogP contribution < -0.4 is 21.7 Å². The average molecular weight is 543 g/mol. The van der Waals surface area contributed by atoms with Gasteiger partial charge < -0.3 is 36.8 Å². The lowest BCUT2D eigenvalue weighted by molar-refractivity contribution is -0.142. The number of hydrogen-bond acceptors (Lipinski definition) is 8. The first kappa shape index (κ1) is 28.4. The van der Waals surface area contributed by atoms with Crippen molar-refractivity contribution >= 4 is 36.3 Å². The number of benzene rings is 1. The van der Waals surface area contributed by atoms with E-state index in [4.69, 9.17) is 5.73 Å². The smallest absolute Gasteiger partial charge is 0.326 e. The normalized spacial score (nSPS) is 14.1. The van der Waals surface area contributed by atoms with E-state index >= 15 is 0 Å². The molecular formula is C24H30N8O5S. The highest BCUT2D eigenvalue weighted by Crippen LogP contribution is 2.06. The van der Waals surface area contributed by atoms with Gasteiger partial charge in [0.25, 0.3) is 0 Å². The Morgan fingerprint density at radius 1 is 0.816 bits per heavy atom. The number of carbonyl (C=O) groups excluding carboxylic acids is 3. The maximum Gasteiger partial charge on any atom is 0.326 e. The summed E-state index contributed by atoms with van der Waals surface area (Å²) in [5, 5.41) is 17.2. The first-order chi connectivity index (χ1) is 18.3. The summed E-state index contributed by atoms with van der Waals surface area (Å²) in [4.78, 5) is 64.1. The molecule has 14 heteroatoms. The molecule has 3 aromatic rings. The lowest BCUT2D eigenvalue weighted by atomic mass is 10.1. The van der Waals surface area contributed by atoms with Gasteiger partial charge in [-0.25, -0.2) is 14.8 Å². The van der Waals surface area contributed by atoms with Crippen LogP contribution in [0, 0.1) is 0 Å². The number of nitrogens with zero attached hydrogens (tertiary/aromatic N) is 2. The van der Waals surface area contributed by atoms with Gasteiger partial charge in [0.15, 0.2) is 0 Å². The Hall–Kier alpha value is -4.17. The number of amides is 3. The summed E-state index contributed by atoms with van der Waals surface area (Å²) in [5.41, 5.74) is 7.95. The molecule has 0 saturated carbocycles. The zero-order valence-corrected chi connectivity index (χ0v) is 21.2. The molecule has 1 aromatic carbocycles. The van der Waals surface area contributed by atoms with Crippen LogP contribution in [-0.2, 0) is 38.4 Å². The number of thiol groups is 1. The summed E-state index contributed by atoms with van der Waals surface area (Å²) < 4.78 is 0. The minimum absolute atomic E-state index is 0.0427. The number of aliphatic carboxylic acids is 1. The van der Waals surface area contributed by atoms with Crippen molar-refractivity contribution in [2.75, 3.05) is 5.75 Å². The molecule has 2 heterocycles. The number of carboxylic acids is 1. The predicted octanol–water partition coefficient (Wildman–Crippen LogP) is -1.04. The van der Waals surface area contributed by atoms with Crippen LogP contribution in [0.5, 0.6) is 0 Å². The maximum atomic E-state index is 13.2. The van der Waals surface area contributed by atoms with Crippen LogP contribution >= 0.6 is 12.6 Å². The van der Waals surface area contributed by atoms with Gasteiger partial charge in [0.1, 0.15) is 18.1 Å². The Morgan fingerprint density at radius 3 is 1.92 bits per heavy atom. The third-order valence-corrected chi connectivity index (χ3v) is 6.02. The van der Waals surface area contributed by atoms with Gasteiger partial charge in [-0.05, 0) is 5.56 Å². The molecule has 38 heavy (non-hydrogen) atoms. The summed E-state index contributed by atoms with van der Waals surface area (Å²) in [6.07, 6.45) is 6.21. The largest absolute Gasteiger partial charge is 0.480 e. The van der Waals surface area contributed by atoms with Crippen LogP contribution in [0.1, 0.15) is 17.0 Å². The van der Waals surface area contributed by atoms with Crippen molar-refractivity contribution in [2.24, 2.45) is 5.73 Å². The Balaban J connectivity index is 1.66. The molecule has 0 radical (unpaired) electrons. The molecule has 8 N–H and O–H groups in total. The van der Waals surface area contributed by atoms with E-state index in [1.807, 2.05) is 0 Å². The van der Waals surface area contributed by atoms with Crippen molar-refractivity contribution in [3.8, 4) is 0 Å². The molecule has 0 saturated heterocycles. The highest BCUT2D eigenvalue weighted by Gasteiger charge is 2.30. The monoisotopic (exact) mass is 542 g/mol. The van der Waals surface area contributed by atoms with Crippen LogP contribution in [0.25, 0.3) is 0 Å². The van der Waals surface area contributed by atoms with Gasteiger partial charge >= 0.3 is 5.97 Å². The van der Waals surface area contributed by atoms with Crippen molar-refractivity contribution in [3.63, 3.8) is 0 Å². The molecule has 3 amide bonds. The minimum Gasteiger partial charge on any atom is -0.480 e. The lowest BCUT2D eigenvalue weighted by Gasteiger charge is -2.24. The summed E-state index contributed by atoms with van der Waals surface area (Å²) in [5.74, 6) is -3.31. The topological polar surface area (TPSA) is 208 Å². The van der Waals surface area contributed by atoms with Crippen molar-refractivity contribution in [1.29, 1.82) is 0 Å². The van der Waals surface area contributed by atoms with Crippen LogP contribution in [-0.4, -0.2) is 78.7 Å². The number of aromatic nitrogens is 4. The van der Waals surface area contributed by atoms with Gasteiger partial charge in [0.05, 0.1) is 18.7 Å². The number of H-pyrrole nitrogens is 2. The average Bonchev–Trinajstić information content (AvgIpc) is 3.61. The van der Waals surface area contributed by atoms with Crippen LogP contribution in [0.3, 0.4) is 0 Å². The van der Waals surface area contributed by atoms with Crippen LogP contribution in [0.2, 0.25) is 0 Å². The summed E-state index contributed by atoms with van der Waals surface area (Å²) >= 11 is 4.16. The Bertz CT molecular complexity index is 1190. The lowest BCUT2D eigenvalue weighted by Crippen LogP contribution is -2.58. The first-order valence-corrected chi connectivity index (χ1v) is 12.4. The van der Waals surface area contributed by atoms with Crippen LogP contribution in [0.4, 0.5) is 0 Å². The Kier molecular flexibility index (Phi) is 10.4. The zero-order valence-electron chi connectivity index (χ0n) is 20.3. The van der Waals surface area contributed by atoms with Crippen LogP contribution in [0.15, 0.2) is 55.4 Å². The molecule has 0 bridgehead atoms. The number of carbonyl (C=O) groups is 4. The molecule has 3 rings (SSSR count). The molecule has 202 valence electrons. The second-order valence-electron chi connectivity index (χ2n) is 8.56. The van der Waals surface area contributed by atoms with Gasteiger partial charge in [-0.3, -0.25) is 14.4 Å². The van der Waals surface area contributed by atoms with Gasteiger partial charge in [0, 0.05) is 48.8 Å². The minimum atomic E-state index is -1.22. The van der Waals surface area contributed by atoms with Gasteiger partial charge in [-0.15, -0.1) is 0 Å². The molecule has 4 atom stereocenters. The molecule has 0 spiro atoms. The number of rotatable bonds is 14. The molecular weight excluding hydrogens is 512 g/mol. The van der Waals surface area contributed by atoms with Gasteiger partial charge in [0.2, 0.25) is 17.7 Å². The molecule has 4 unspecified atom stereocenters. The molecule has 0 aliphatic carbocycles. The van der Waals surface area contributed by atoms with Crippen molar-refractivity contribution in [3.05, 3.63) is 72.3 Å². The first-order valence-electron chi connectivity index (χ1n) is 11.8. The van der Waals surface area contributed by atoms with Crippen molar-refractivity contribution < 1.29 is 24.3 Å². The summed E-state index contributed by atoms with van der Waals surface area (Å²) in [7, 11) is 0. The van der Waals surface area contributed by atoms with E-state index in [2.05, 4.69) is 48.5 Å². The standard InChI is InChI=1S/C24H30N8O5S/c25-17(7-15-9-26-12-28-15)21(33)30-18(8-16-10-27-13-29-16)22(34)32-20(11-38)23(35)31-19(24(36)37)6-14-4-2-1-3-5-14/h1-5,9-10,12-13,17-20,38H,6-8,11,25H2,(H,26,28)(H,27,29)(H,30,33)(H,31,35)(H,32,34)(H,36,37). The van der Waals surface area contributed by atoms with E-state index in [1.165, 1.54) is 18.9 Å². The molecule has 0 aliphatic heterocycles. The van der Waals surface area contributed by atoms with Crippen molar-refractivity contribution in [2.45, 2.75) is 43.4 Å². The second kappa shape index (κ2) is 13.9. The fourth-order valence-corrected chi connectivity index (χ4v) is 3.88. The number of hydrogen-bond donors (Lipinski definition) is 8. The summed E-state index contributed by atoms with van der Waals surface area (Å²) in [6.45, 7) is 0.